The predicted octanol–water partition coefficient (Wildman–Crippen LogP) is 1.76. The first-order chi connectivity index (χ1) is 6.41. The van der Waals surface area contributed by atoms with Gasteiger partial charge in [0.2, 0.25) is 0 Å². The Morgan fingerprint density at radius 1 is 0.846 bits per heavy atom. The van der Waals surface area contributed by atoms with Crippen LogP contribution in [-0.2, 0) is 0 Å². The second-order valence-electron chi connectivity index (χ2n) is 1.74. The van der Waals surface area contributed by atoms with E-state index in [1.807, 2.05) is 13.0 Å². The van der Waals surface area contributed by atoms with Gasteiger partial charge in [-0.15, -0.1) is 0 Å². The molecule has 0 unspecified atom stereocenters. The van der Waals surface area contributed by atoms with Crippen LogP contribution in [0.15, 0.2) is 24.8 Å². The van der Waals surface area contributed by atoms with Crippen LogP contribution in [0, 0.1) is 47.4 Å². The highest BCUT2D eigenvalue weighted by atomic mass is 13.6. The van der Waals surface area contributed by atoms with Gasteiger partial charge >= 0.3 is 0 Å². The third kappa shape index (κ3) is 9.72. The fourth-order valence-corrected chi connectivity index (χ4v) is 0.373. The van der Waals surface area contributed by atoms with E-state index in [0.29, 0.717) is 0 Å². The summed E-state index contributed by atoms with van der Waals surface area (Å²) in [6.07, 6.45) is 5.05. The molecular weight excluding hydrogens is 156 g/mol. The molecule has 13 heavy (non-hydrogen) atoms. The largest absolute Gasteiger partial charge is 0.0906 e. The van der Waals surface area contributed by atoms with Crippen LogP contribution in [0.5, 0.6) is 0 Å². The minimum Gasteiger partial charge on any atom is -0.0906 e. The maximum absolute atomic E-state index is 3.42. The Balaban J connectivity index is 4.06. The lowest BCUT2D eigenvalue weighted by Crippen LogP contribution is -1.53. The van der Waals surface area contributed by atoms with Crippen LogP contribution in [0.2, 0.25) is 0 Å². The van der Waals surface area contributed by atoms with Crippen LogP contribution in [0.4, 0.5) is 0 Å². The standard InChI is InChI=1S/C13H8/c1-3-5-7-9-11-13-12-10-8-6-4-2/h3-4,6H,1H2,2H3/b6-4+. The van der Waals surface area contributed by atoms with E-state index in [-0.39, 0.29) is 0 Å². The van der Waals surface area contributed by atoms with Crippen molar-refractivity contribution in [3.63, 3.8) is 0 Å². The molecule has 0 amide bonds. The van der Waals surface area contributed by atoms with Crippen LogP contribution in [0.1, 0.15) is 6.92 Å². The molecule has 0 saturated heterocycles. The summed E-state index contributed by atoms with van der Waals surface area (Å²) >= 11 is 0. The second kappa shape index (κ2) is 9.72. The highest BCUT2D eigenvalue weighted by molar-refractivity contribution is 5.41. The molecule has 0 fully saturated rings. The molecule has 0 rings (SSSR count). The number of hydrogen-bond donors (Lipinski definition) is 0. The average Bonchev–Trinajstić information content (AvgIpc) is 2.16. The molecule has 0 aromatic carbocycles. The minimum atomic E-state index is 1.48. The van der Waals surface area contributed by atoms with Gasteiger partial charge in [0, 0.05) is 0 Å². The summed E-state index contributed by atoms with van der Waals surface area (Å²) in [5, 5.41) is 0. The fourth-order valence-electron chi connectivity index (χ4n) is 0.373. The Hall–Kier alpha value is -2.28. The minimum absolute atomic E-state index is 1.48. The lowest BCUT2D eigenvalue weighted by molar-refractivity contribution is 1.76. The van der Waals surface area contributed by atoms with Crippen molar-refractivity contribution in [1.82, 2.24) is 0 Å². The van der Waals surface area contributed by atoms with E-state index in [1.54, 1.807) is 6.08 Å². The van der Waals surface area contributed by atoms with Crippen molar-refractivity contribution >= 4 is 0 Å². The average molecular weight is 164 g/mol. The quantitative estimate of drug-likeness (QED) is 0.478. The highest BCUT2D eigenvalue weighted by Gasteiger charge is 1.55. The molecule has 0 bridgehead atoms. The molecular formula is C13H8. The first kappa shape index (κ1) is 10.7. The molecule has 0 aliphatic rings. The summed E-state index contributed by atoms with van der Waals surface area (Å²) in [5.74, 6) is 20.6. The molecule has 0 aliphatic heterocycles. The van der Waals surface area contributed by atoms with Crippen molar-refractivity contribution in [2.45, 2.75) is 6.92 Å². The van der Waals surface area contributed by atoms with Crippen LogP contribution >= 0.6 is 0 Å². The Morgan fingerprint density at radius 3 is 1.92 bits per heavy atom. The van der Waals surface area contributed by atoms with E-state index in [4.69, 9.17) is 0 Å². The van der Waals surface area contributed by atoms with Crippen LogP contribution in [0.25, 0.3) is 0 Å². The molecule has 0 saturated carbocycles. The van der Waals surface area contributed by atoms with Gasteiger partial charge in [-0.2, -0.15) is 0 Å². The van der Waals surface area contributed by atoms with Gasteiger partial charge in [0.15, 0.2) is 0 Å². The number of hydrogen-bond acceptors (Lipinski definition) is 0. The predicted molar refractivity (Wildman–Crippen MR) is 56.1 cm³/mol. The molecule has 0 heteroatoms. The number of rotatable bonds is 0. The summed E-state index contributed by atoms with van der Waals surface area (Å²) < 4.78 is 0. The summed E-state index contributed by atoms with van der Waals surface area (Å²) in [6, 6.07) is 0. The van der Waals surface area contributed by atoms with Gasteiger partial charge in [-0.3, -0.25) is 0 Å². The lowest BCUT2D eigenvalue weighted by atomic mass is 10.5. The molecule has 60 valence electrons. The van der Waals surface area contributed by atoms with E-state index < -0.39 is 0 Å². The first-order valence-corrected chi connectivity index (χ1v) is 3.65. The molecule has 0 aromatic heterocycles. The monoisotopic (exact) mass is 164 g/mol. The zero-order valence-electron chi connectivity index (χ0n) is 7.44. The van der Waals surface area contributed by atoms with Gasteiger partial charge in [0.05, 0.1) is 0 Å². The summed E-state index contributed by atoms with van der Waals surface area (Å²) in [5.41, 5.74) is 0. The van der Waals surface area contributed by atoms with Crippen molar-refractivity contribution in [2.75, 3.05) is 0 Å². The van der Waals surface area contributed by atoms with Crippen LogP contribution < -0.4 is 0 Å². The SMILES string of the molecule is C=CC#CC#CC#CC#C/C=C/C. The van der Waals surface area contributed by atoms with Gasteiger partial charge in [-0.05, 0) is 54.6 Å². The van der Waals surface area contributed by atoms with E-state index in [9.17, 15) is 0 Å². The summed E-state index contributed by atoms with van der Waals surface area (Å²) in [6.45, 7) is 5.32. The van der Waals surface area contributed by atoms with Crippen molar-refractivity contribution in [3.8, 4) is 47.4 Å². The molecule has 0 N–H and O–H groups in total. The molecule has 0 heterocycles. The molecule has 0 spiro atoms. The summed E-state index contributed by atoms with van der Waals surface area (Å²) in [4.78, 5) is 0. The molecule has 0 aromatic rings. The van der Waals surface area contributed by atoms with Crippen molar-refractivity contribution in [2.24, 2.45) is 0 Å². The van der Waals surface area contributed by atoms with E-state index >= 15 is 0 Å². The van der Waals surface area contributed by atoms with E-state index in [1.165, 1.54) is 6.08 Å². The molecule has 0 atom stereocenters. The Labute approximate surface area is 79.7 Å². The van der Waals surface area contributed by atoms with Gasteiger partial charge in [-0.25, -0.2) is 0 Å². The zero-order chi connectivity index (χ0) is 9.78. The maximum atomic E-state index is 3.42. The van der Waals surface area contributed by atoms with E-state index in [0.717, 1.165) is 0 Å². The van der Waals surface area contributed by atoms with Crippen molar-refractivity contribution in [3.05, 3.63) is 24.8 Å². The zero-order valence-corrected chi connectivity index (χ0v) is 7.44. The van der Waals surface area contributed by atoms with E-state index in [2.05, 4.69) is 53.9 Å². The Bertz CT molecular complexity index is 417. The third-order valence-corrected chi connectivity index (χ3v) is 0.809. The van der Waals surface area contributed by atoms with Gasteiger partial charge in [0.1, 0.15) is 0 Å². The van der Waals surface area contributed by atoms with Crippen molar-refractivity contribution < 1.29 is 0 Å². The third-order valence-electron chi connectivity index (χ3n) is 0.809. The smallest absolute Gasteiger partial charge is 0.0000224 e. The van der Waals surface area contributed by atoms with Crippen LogP contribution in [0.3, 0.4) is 0 Å². The Morgan fingerprint density at radius 2 is 1.38 bits per heavy atom. The topological polar surface area (TPSA) is 0 Å². The van der Waals surface area contributed by atoms with Gasteiger partial charge in [-0.1, -0.05) is 24.5 Å². The molecule has 0 aliphatic carbocycles. The van der Waals surface area contributed by atoms with Crippen molar-refractivity contribution in [1.29, 1.82) is 0 Å². The highest BCUT2D eigenvalue weighted by Crippen LogP contribution is 1.63. The number of allylic oxidation sites excluding steroid dienone is 3. The summed E-state index contributed by atoms with van der Waals surface area (Å²) in [7, 11) is 0. The normalized spacial score (nSPS) is 5.92. The molecule has 0 nitrogen and oxygen atoms in total. The lowest BCUT2D eigenvalue weighted by Gasteiger charge is -1.58. The van der Waals surface area contributed by atoms with Gasteiger partial charge < -0.3 is 0 Å². The van der Waals surface area contributed by atoms with Gasteiger partial charge in [0.25, 0.3) is 0 Å². The second-order valence-corrected chi connectivity index (χ2v) is 1.74. The first-order valence-electron chi connectivity index (χ1n) is 3.65. The molecule has 0 radical (unpaired) electrons. The maximum Gasteiger partial charge on any atom is -0.0000224 e. The Kier molecular flexibility index (Phi) is 8.02. The van der Waals surface area contributed by atoms with Crippen LogP contribution in [-0.4, -0.2) is 0 Å². The fraction of sp³-hybridized carbons (Fsp3) is 0.0769.